The molecule has 2 atom stereocenters. The highest BCUT2D eigenvalue weighted by molar-refractivity contribution is 6.32. The lowest BCUT2D eigenvalue weighted by molar-refractivity contribution is 0.0680. The molecule has 0 radical (unpaired) electrons. The van der Waals surface area contributed by atoms with Gasteiger partial charge in [0.15, 0.2) is 11.5 Å². The van der Waals surface area contributed by atoms with Crippen LogP contribution in [0.25, 0.3) is 0 Å². The van der Waals surface area contributed by atoms with Crippen LogP contribution in [0.5, 0.6) is 11.5 Å². The molecule has 21 heavy (non-hydrogen) atoms. The highest BCUT2D eigenvalue weighted by Crippen LogP contribution is 2.40. The van der Waals surface area contributed by atoms with Crippen LogP contribution in [0.2, 0.25) is 5.02 Å². The van der Waals surface area contributed by atoms with Gasteiger partial charge in [-0.3, -0.25) is 4.79 Å². The van der Waals surface area contributed by atoms with E-state index in [0.29, 0.717) is 28.1 Å². The standard InChI is InChI=1S/C15H17ClN2O3/c16-12-5-9(6-13-14(12)21-8-20-13)15(19)18-10-1-2-11(18)7-17-4-3-10/h5-6,10-11,17H,1-4,7-8H2. The summed E-state index contributed by atoms with van der Waals surface area (Å²) in [5, 5.41) is 3.84. The molecule has 6 heteroatoms. The Morgan fingerprint density at radius 1 is 1.24 bits per heavy atom. The van der Waals surface area contributed by atoms with E-state index >= 15 is 0 Å². The molecule has 1 aromatic carbocycles. The van der Waals surface area contributed by atoms with Gasteiger partial charge in [0.2, 0.25) is 6.79 Å². The predicted molar refractivity (Wildman–Crippen MR) is 78.0 cm³/mol. The maximum absolute atomic E-state index is 12.9. The number of hydrogen-bond donors (Lipinski definition) is 1. The number of benzene rings is 1. The Balaban J connectivity index is 1.67. The van der Waals surface area contributed by atoms with E-state index in [2.05, 4.69) is 5.32 Å². The summed E-state index contributed by atoms with van der Waals surface area (Å²) in [6, 6.07) is 4.06. The summed E-state index contributed by atoms with van der Waals surface area (Å²) in [5.74, 6) is 1.14. The Kier molecular flexibility index (Phi) is 3.19. The molecule has 3 heterocycles. The molecule has 4 rings (SSSR count). The van der Waals surface area contributed by atoms with Crippen molar-refractivity contribution < 1.29 is 14.3 Å². The number of hydrogen-bond acceptors (Lipinski definition) is 4. The first kappa shape index (κ1) is 13.2. The number of carbonyl (C=O) groups is 1. The number of ether oxygens (including phenoxy) is 2. The Labute approximate surface area is 128 Å². The third kappa shape index (κ3) is 2.15. The van der Waals surface area contributed by atoms with Gasteiger partial charge in [0.25, 0.3) is 5.91 Å². The molecule has 3 aliphatic rings. The number of nitrogens with one attached hydrogen (secondary N) is 1. The van der Waals surface area contributed by atoms with E-state index in [1.54, 1.807) is 12.1 Å². The molecule has 2 saturated heterocycles. The summed E-state index contributed by atoms with van der Waals surface area (Å²) in [5.41, 5.74) is 0.586. The van der Waals surface area contributed by atoms with Gasteiger partial charge in [0.1, 0.15) is 0 Å². The Hall–Kier alpha value is -1.46. The topological polar surface area (TPSA) is 50.8 Å². The van der Waals surface area contributed by atoms with Crippen molar-refractivity contribution in [3.63, 3.8) is 0 Å². The lowest BCUT2D eigenvalue weighted by Gasteiger charge is -2.28. The largest absolute Gasteiger partial charge is 0.454 e. The van der Waals surface area contributed by atoms with Gasteiger partial charge in [-0.05, 0) is 37.9 Å². The van der Waals surface area contributed by atoms with Crippen LogP contribution < -0.4 is 14.8 Å². The number of fused-ring (bicyclic) bond motifs is 3. The first-order valence-corrected chi connectivity index (χ1v) is 7.74. The Morgan fingerprint density at radius 2 is 2.10 bits per heavy atom. The summed E-state index contributed by atoms with van der Waals surface area (Å²) in [6.07, 6.45) is 3.18. The predicted octanol–water partition coefficient (Wildman–Crippen LogP) is 2.04. The van der Waals surface area contributed by atoms with Crippen molar-refractivity contribution in [1.82, 2.24) is 10.2 Å². The second-order valence-electron chi connectivity index (χ2n) is 5.78. The SMILES string of the molecule is O=C(c1cc(Cl)c2c(c1)OCO2)N1C2CCNCC1CC2. The van der Waals surface area contributed by atoms with E-state index in [4.69, 9.17) is 21.1 Å². The van der Waals surface area contributed by atoms with Crippen molar-refractivity contribution in [3.8, 4) is 11.5 Å². The molecule has 0 aliphatic carbocycles. The fourth-order valence-corrected chi connectivity index (χ4v) is 3.82. The van der Waals surface area contributed by atoms with Gasteiger partial charge in [0, 0.05) is 24.2 Å². The summed E-state index contributed by atoms with van der Waals surface area (Å²) >= 11 is 6.19. The van der Waals surface area contributed by atoms with Crippen LogP contribution in [-0.4, -0.2) is 42.8 Å². The molecule has 2 unspecified atom stereocenters. The van der Waals surface area contributed by atoms with Gasteiger partial charge in [-0.25, -0.2) is 0 Å². The van der Waals surface area contributed by atoms with Crippen LogP contribution in [0.3, 0.4) is 0 Å². The van der Waals surface area contributed by atoms with E-state index < -0.39 is 0 Å². The highest BCUT2D eigenvalue weighted by Gasteiger charge is 2.38. The van der Waals surface area contributed by atoms with Crippen molar-refractivity contribution in [2.75, 3.05) is 19.9 Å². The van der Waals surface area contributed by atoms with Gasteiger partial charge in [-0.15, -0.1) is 0 Å². The van der Waals surface area contributed by atoms with Gasteiger partial charge in [-0.1, -0.05) is 11.6 Å². The summed E-state index contributed by atoms with van der Waals surface area (Å²) in [4.78, 5) is 14.9. The molecule has 0 saturated carbocycles. The number of carbonyl (C=O) groups excluding carboxylic acids is 1. The van der Waals surface area contributed by atoms with Crippen LogP contribution in [0.15, 0.2) is 12.1 Å². The van der Waals surface area contributed by atoms with Gasteiger partial charge < -0.3 is 19.7 Å². The Morgan fingerprint density at radius 3 is 3.00 bits per heavy atom. The summed E-state index contributed by atoms with van der Waals surface area (Å²) < 4.78 is 10.7. The van der Waals surface area contributed by atoms with Crippen LogP contribution in [0.1, 0.15) is 29.6 Å². The normalized spacial score (nSPS) is 26.8. The monoisotopic (exact) mass is 308 g/mol. The van der Waals surface area contributed by atoms with E-state index in [1.165, 1.54) is 0 Å². The molecule has 2 fully saturated rings. The molecule has 2 bridgehead atoms. The molecular formula is C15H17ClN2O3. The van der Waals surface area contributed by atoms with E-state index in [0.717, 1.165) is 32.4 Å². The van der Waals surface area contributed by atoms with Crippen LogP contribution in [0.4, 0.5) is 0 Å². The average molecular weight is 309 g/mol. The molecular weight excluding hydrogens is 292 g/mol. The molecule has 1 amide bonds. The van der Waals surface area contributed by atoms with E-state index in [1.807, 2.05) is 4.90 Å². The molecule has 5 nitrogen and oxygen atoms in total. The minimum Gasteiger partial charge on any atom is -0.454 e. The first-order chi connectivity index (χ1) is 10.2. The Bertz CT molecular complexity index is 579. The number of halogens is 1. The third-order valence-electron chi connectivity index (χ3n) is 4.56. The van der Waals surface area contributed by atoms with Crippen molar-refractivity contribution in [3.05, 3.63) is 22.7 Å². The fourth-order valence-electron chi connectivity index (χ4n) is 3.55. The lowest BCUT2D eigenvalue weighted by Crippen LogP contribution is -2.42. The molecule has 1 aromatic rings. The number of amides is 1. The number of rotatable bonds is 1. The molecule has 0 spiro atoms. The zero-order valence-corrected chi connectivity index (χ0v) is 12.4. The van der Waals surface area contributed by atoms with Crippen molar-refractivity contribution >= 4 is 17.5 Å². The maximum atomic E-state index is 12.9. The van der Waals surface area contributed by atoms with Crippen molar-refractivity contribution in [2.45, 2.75) is 31.3 Å². The smallest absolute Gasteiger partial charge is 0.254 e. The molecule has 3 aliphatic heterocycles. The minimum atomic E-state index is 0.0476. The van der Waals surface area contributed by atoms with Crippen LogP contribution >= 0.6 is 11.6 Å². The molecule has 0 aromatic heterocycles. The van der Waals surface area contributed by atoms with Crippen LogP contribution in [0, 0.1) is 0 Å². The first-order valence-electron chi connectivity index (χ1n) is 7.36. The van der Waals surface area contributed by atoms with E-state index in [9.17, 15) is 4.79 Å². The second kappa shape index (κ2) is 5.07. The summed E-state index contributed by atoms with van der Waals surface area (Å²) in [7, 11) is 0. The van der Waals surface area contributed by atoms with Crippen molar-refractivity contribution in [1.29, 1.82) is 0 Å². The second-order valence-corrected chi connectivity index (χ2v) is 6.19. The van der Waals surface area contributed by atoms with Gasteiger partial charge in [-0.2, -0.15) is 0 Å². The van der Waals surface area contributed by atoms with Gasteiger partial charge >= 0.3 is 0 Å². The third-order valence-corrected chi connectivity index (χ3v) is 4.84. The lowest BCUT2D eigenvalue weighted by atomic mass is 10.1. The minimum absolute atomic E-state index is 0.0476. The molecule has 112 valence electrons. The van der Waals surface area contributed by atoms with E-state index in [-0.39, 0.29) is 18.7 Å². The highest BCUT2D eigenvalue weighted by atomic mass is 35.5. The van der Waals surface area contributed by atoms with Gasteiger partial charge in [0.05, 0.1) is 5.02 Å². The van der Waals surface area contributed by atoms with Crippen LogP contribution in [-0.2, 0) is 0 Å². The fraction of sp³-hybridized carbons (Fsp3) is 0.533. The van der Waals surface area contributed by atoms with Crippen molar-refractivity contribution in [2.24, 2.45) is 0 Å². The molecule has 1 N–H and O–H groups in total. The zero-order chi connectivity index (χ0) is 14.4. The summed E-state index contributed by atoms with van der Waals surface area (Å²) in [6.45, 7) is 2.01. The number of nitrogens with zero attached hydrogens (tertiary/aromatic N) is 1. The zero-order valence-electron chi connectivity index (χ0n) is 11.6. The average Bonchev–Trinajstić information content (AvgIpc) is 3.01. The quantitative estimate of drug-likeness (QED) is 0.862. The maximum Gasteiger partial charge on any atom is 0.254 e.